The summed E-state index contributed by atoms with van der Waals surface area (Å²) in [5.41, 5.74) is -4.72. The first-order chi connectivity index (χ1) is 14.4. The second-order valence-corrected chi connectivity index (χ2v) is 6.82. The van der Waals surface area contributed by atoms with E-state index in [1.165, 1.54) is 20.0 Å². The first-order valence-electron chi connectivity index (χ1n) is 8.82. The van der Waals surface area contributed by atoms with E-state index in [4.69, 9.17) is 5.26 Å². The van der Waals surface area contributed by atoms with Crippen molar-refractivity contribution in [2.45, 2.75) is 25.1 Å². The first kappa shape index (κ1) is 22.0. The lowest BCUT2D eigenvalue weighted by Gasteiger charge is -2.32. The van der Waals surface area contributed by atoms with E-state index in [1.807, 2.05) is 0 Å². The molecule has 1 aliphatic heterocycles. The van der Waals surface area contributed by atoms with Gasteiger partial charge in [0.1, 0.15) is 5.54 Å². The predicted molar refractivity (Wildman–Crippen MR) is 96.8 cm³/mol. The number of alkyl halides is 3. The molecule has 1 fully saturated rings. The van der Waals surface area contributed by atoms with Gasteiger partial charge >= 0.3 is 12.2 Å². The number of carbonyl (C=O) groups excluding carboxylic acids is 2. The molecule has 1 N–H and O–H groups in total. The van der Waals surface area contributed by atoms with E-state index in [-0.39, 0.29) is 12.0 Å². The van der Waals surface area contributed by atoms with Crippen molar-refractivity contribution in [2.24, 2.45) is 0 Å². The lowest BCUT2D eigenvalue weighted by atomic mass is 9.85. The van der Waals surface area contributed by atoms with Gasteiger partial charge in [-0.2, -0.15) is 18.4 Å². The van der Waals surface area contributed by atoms with Crippen LogP contribution >= 0.6 is 0 Å². The zero-order valence-electron chi connectivity index (χ0n) is 16.1. The summed E-state index contributed by atoms with van der Waals surface area (Å²) in [7, 11) is 1.17. The monoisotopic (exact) mass is 439 g/mol. The second kappa shape index (κ2) is 7.23. The van der Waals surface area contributed by atoms with Crippen LogP contribution in [0.3, 0.4) is 0 Å². The third-order valence-electron chi connectivity index (χ3n) is 5.30. The molecule has 2 aromatic carbocycles. The maximum atomic E-state index is 14.0. The number of anilines is 1. The van der Waals surface area contributed by atoms with E-state index in [2.05, 4.69) is 0 Å². The first-order valence-corrected chi connectivity index (χ1v) is 8.82. The summed E-state index contributed by atoms with van der Waals surface area (Å²) in [6.45, 7) is 1.45. The Hall–Kier alpha value is -3.68. The van der Waals surface area contributed by atoms with Crippen molar-refractivity contribution in [2.75, 3.05) is 11.9 Å². The highest BCUT2D eigenvalue weighted by Gasteiger charge is 2.57. The Balaban J connectivity index is 2.20. The Bertz CT molecular complexity index is 1120. The average Bonchev–Trinajstić information content (AvgIpc) is 2.90. The lowest BCUT2D eigenvalue weighted by molar-refractivity contribution is -0.137. The van der Waals surface area contributed by atoms with E-state index >= 15 is 0 Å². The molecule has 1 unspecified atom stereocenters. The highest BCUT2D eigenvalue weighted by atomic mass is 19.4. The normalized spacial score (nSPS) is 19.2. The minimum Gasteiger partial charge on any atom is -0.503 e. The minimum absolute atomic E-state index is 0.170. The predicted octanol–water partition coefficient (Wildman–Crippen LogP) is 4.26. The molecule has 0 radical (unpaired) electrons. The van der Waals surface area contributed by atoms with Crippen molar-refractivity contribution in [3.8, 4) is 11.8 Å². The number of benzene rings is 2. The summed E-state index contributed by atoms with van der Waals surface area (Å²) in [4.78, 5) is 27.5. The number of carbonyl (C=O) groups is 2. The topological polar surface area (TPSA) is 84.6 Å². The fourth-order valence-corrected chi connectivity index (χ4v) is 3.67. The number of urea groups is 1. The van der Waals surface area contributed by atoms with E-state index in [9.17, 15) is 36.6 Å². The van der Waals surface area contributed by atoms with Gasteiger partial charge in [0, 0.05) is 7.05 Å². The SMILES string of the molecule is CCC1(c2cc(F)c(O)c(F)c2)C(=O)N(c2ccc(C#N)c(C(F)(F)F)c2)C(=O)N1C. The summed E-state index contributed by atoms with van der Waals surface area (Å²) in [6.07, 6.45) is -5.10. The van der Waals surface area contributed by atoms with Gasteiger partial charge in [0.2, 0.25) is 0 Å². The number of phenolic OH excluding ortho intramolecular Hbond substituents is 1. The number of nitrogens with zero attached hydrogens (tertiary/aromatic N) is 3. The fourth-order valence-electron chi connectivity index (χ4n) is 3.67. The molecule has 0 bridgehead atoms. The zero-order chi connectivity index (χ0) is 23.3. The lowest BCUT2D eigenvalue weighted by Crippen LogP contribution is -2.44. The second-order valence-electron chi connectivity index (χ2n) is 6.82. The number of phenols is 1. The molecule has 1 saturated heterocycles. The van der Waals surface area contributed by atoms with E-state index in [0.717, 1.165) is 17.0 Å². The largest absolute Gasteiger partial charge is 0.503 e. The highest BCUT2D eigenvalue weighted by molar-refractivity contribution is 6.23. The Kier molecular flexibility index (Phi) is 5.13. The summed E-state index contributed by atoms with van der Waals surface area (Å²) < 4.78 is 67.9. The van der Waals surface area contributed by atoms with Crippen molar-refractivity contribution >= 4 is 17.6 Å². The van der Waals surface area contributed by atoms with Gasteiger partial charge in [-0.15, -0.1) is 0 Å². The molecule has 0 saturated carbocycles. The summed E-state index contributed by atoms with van der Waals surface area (Å²) >= 11 is 0. The molecule has 1 atom stereocenters. The number of hydrogen-bond donors (Lipinski definition) is 1. The van der Waals surface area contributed by atoms with Gasteiger partial charge in [-0.25, -0.2) is 18.5 Å². The van der Waals surface area contributed by atoms with Crippen LogP contribution in [0.2, 0.25) is 0 Å². The number of halogens is 5. The van der Waals surface area contributed by atoms with Crippen LogP contribution in [0, 0.1) is 23.0 Å². The van der Waals surface area contributed by atoms with Crippen molar-refractivity contribution in [1.29, 1.82) is 5.26 Å². The molecule has 0 spiro atoms. The third kappa shape index (κ3) is 3.15. The molecule has 6 nitrogen and oxygen atoms in total. The molecular weight excluding hydrogens is 425 g/mol. The summed E-state index contributed by atoms with van der Waals surface area (Å²) in [5, 5.41) is 18.3. The average molecular weight is 439 g/mol. The van der Waals surface area contributed by atoms with Crippen molar-refractivity contribution < 1.29 is 36.6 Å². The van der Waals surface area contributed by atoms with Gasteiger partial charge < -0.3 is 10.0 Å². The zero-order valence-corrected chi connectivity index (χ0v) is 16.1. The quantitative estimate of drug-likeness (QED) is 0.572. The van der Waals surface area contributed by atoms with Crippen LogP contribution < -0.4 is 4.90 Å². The molecule has 0 aliphatic carbocycles. The third-order valence-corrected chi connectivity index (χ3v) is 5.30. The van der Waals surface area contributed by atoms with E-state index in [0.29, 0.717) is 23.1 Å². The van der Waals surface area contributed by atoms with Gasteiger partial charge in [-0.3, -0.25) is 4.79 Å². The molecule has 0 aromatic heterocycles. The standard InChI is InChI=1S/C20H14F5N3O3/c1-3-19(11-6-14(21)16(29)15(22)7-11)17(30)28(18(31)27(19)2)12-5-4-10(9-26)13(8-12)20(23,24)25/h4-8,29H,3H2,1-2H3. The Morgan fingerprint density at radius 1 is 1.13 bits per heavy atom. The van der Waals surface area contributed by atoms with Crippen LogP contribution in [0.25, 0.3) is 0 Å². The van der Waals surface area contributed by atoms with Gasteiger partial charge in [0.15, 0.2) is 17.4 Å². The van der Waals surface area contributed by atoms with Crippen LogP contribution in [0.5, 0.6) is 5.75 Å². The number of imide groups is 1. The van der Waals surface area contributed by atoms with Crippen molar-refractivity contribution in [1.82, 2.24) is 4.90 Å². The number of rotatable bonds is 3. The Morgan fingerprint density at radius 2 is 1.71 bits per heavy atom. The van der Waals surface area contributed by atoms with Crippen molar-refractivity contribution in [3.05, 3.63) is 58.7 Å². The van der Waals surface area contributed by atoms with Crippen LogP contribution in [0.15, 0.2) is 30.3 Å². The van der Waals surface area contributed by atoms with Crippen LogP contribution in [0.1, 0.15) is 30.0 Å². The summed E-state index contributed by atoms with van der Waals surface area (Å²) in [5.74, 6) is -5.04. The fraction of sp³-hybridized carbons (Fsp3) is 0.250. The molecule has 3 amide bonds. The van der Waals surface area contributed by atoms with Gasteiger partial charge in [-0.1, -0.05) is 6.92 Å². The highest BCUT2D eigenvalue weighted by Crippen LogP contribution is 2.43. The van der Waals surface area contributed by atoms with Gasteiger partial charge in [0.05, 0.1) is 22.9 Å². The maximum Gasteiger partial charge on any atom is 0.417 e. The number of nitriles is 1. The molecule has 11 heteroatoms. The Labute approximate surface area is 172 Å². The summed E-state index contributed by atoms with van der Waals surface area (Å²) in [6, 6.07) is 4.06. The number of amides is 3. The van der Waals surface area contributed by atoms with Crippen LogP contribution in [-0.2, 0) is 16.5 Å². The van der Waals surface area contributed by atoms with Gasteiger partial charge in [0.25, 0.3) is 5.91 Å². The van der Waals surface area contributed by atoms with Crippen LogP contribution in [-0.4, -0.2) is 29.0 Å². The van der Waals surface area contributed by atoms with Crippen LogP contribution in [0.4, 0.5) is 32.4 Å². The molecule has 1 heterocycles. The molecule has 2 aromatic rings. The number of aromatic hydroxyl groups is 1. The minimum atomic E-state index is -4.93. The van der Waals surface area contributed by atoms with Crippen molar-refractivity contribution in [3.63, 3.8) is 0 Å². The number of likely N-dealkylation sites (N-methyl/N-ethyl adjacent to an activating group) is 1. The maximum absolute atomic E-state index is 14.0. The molecule has 162 valence electrons. The molecule has 3 rings (SSSR count). The molecule has 31 heavy (non-hydrogen) atoms. The molecular formula is C20H14F5N3O3. The Morgan fingerprint density at radius 3 is 2.19 bits per heavy atom. The molecule has 1 aliphatic rings. The van der Waals surface area contributed by atoms with Gasteiger partial charge in [-0.05, 0) is 42.3 Å². The van der Waals surface area contributed by atoms with E-state index < -0.39 is 57.9 Å². The smallest absolute Gasteiger partial charge is 0.417 e. The number of hydrogen-bond acceptors (Lipinski definition) is 4. The van der Waals surface area contributed by atoms with E-state index in [1.54, 1.807) is 0 Å².